The second-order valence-electron chi connectivity index (χ2n) is 8.57. The number of hydrogen-bond acceptors (Lipinski definition) is 4. The van der Waals surface area contributed by atoms with Crippen molar-refractivity contribution in [1.82, 2.24) is 10.2 Å². The number of aliphatic hydroxyl groups is 1. The summed E-state index contributed by atoms with van der Waals surface area (Å²) in [5.74, 6) is 0.476. The minimum Gasteiger partial charge on any atom is -0.444 e. The van der Waals surface area contributed by atoms with Crippen LogP contribution in [0.3, 0.4) is 0 Å². The van der Waals surface area contributed by atoms with Gasteiger partial charge < -0.3 is 20.1 Å². The molecule has 0 aliphatic carbocycles. The van der Waals surface area contributed by atoms with Crippen LogP contribution in [0.15, 0.2) is 0 Å². The van der Waals surface area contributed by atoms with E-state index in [0.717, 1.165) is 32.2 Å². The number of hydrogen-bond donors (Lipinski definition) is 2. The van der Waals surface area contributed by atoms with Crippen LogP contribution in [0.5, 0.6) is 0 Å². The lowest BCUT2D eigenvalue weighted by Crippen LogP contribution is -2.44. The van der Waals surface area contributed by atoms with Crippen molar-refractivity contribution < 1.29 is 14.6 Å². The largest absolute Gasteiger partial charge is 0.444 e. The highest BCUT2D eigenvalue weighted by Gasteiger charge is 2.27. The fourth-order valence-corrected chi connectivity index (χ4v) is 3.13. The van der Waals surface area contributed by atoms with Crippen LogP contribution in [0.2, 0.25) is 0 Å². The fraction of sp³-hybridized carbons (Fsp3) is 0.944. The minimum absolute atomic E-state index is 0.218. The molecule has 2 unspecified atom stereocenters. The molecule has 0 aromatic carbocycles. The normalized spacial score (nSPS) is 22.6. The first-order valence-electron chi connectivity index (χ1n) is 8.92. The zero-order chi connectivity index (χ0) is 17.7. The molecule has 1 fully saturated rings. The number of amides is 1. The molecular formula is C18H36N2O3. The van der Waals surface area contributed by atoms with Gasteiger partial charge in [-0.1, -0.05) is 13.8 Å². The van der Waals surface area contributed by atoms with Crippen molar-refractivity contribution in [2.75, 3.05) is 19.6 Å². The maximum absolute atomic E-state index is 12.2. The molecule has 0 spiro atoms. The highest BCUT2D eigenvalue weighted by Crippen LogP contribution is 2.18. The molecule has 0 aromatic heterocycles. The van der Waals surface area contributed by atoms with Gasteiger partial charge in [-0.3, -0.25) is 0 Å². The second-order valence-corrected chi connectivity index (χ2v) is 8.57. The van der Waals surface area contributed by atoms with Crippen molar-refractivity contribution in [2.24, 2.45) is 5.92 Å². The Kier molecular flexibility index (Phi) is 7.33. The van der Waals surface area contributed by atoms with Crippen LogP contribution >= 0.6 is 0 Å². The average Bonchev–Trinajstić information content (AvgIpc) is 2.58. The molecule has 1 aliphatic rings. The van der Waals surface area contributed by atoms with Crippen molar-refractivity contribution in [2.45, 2.75) is 84.5 Å². The van der Waals surface area contributed by atoms with E-state index in [0.29, 0.717) is 25.0 Å². The lowest BCUT2D eigenvalue weighted by molar-refractivity contribution is 0.0248. The standard InChI is InChI=1S/C18H36N2O3/c1-14(2)12-18(6,22)13-19-15-8-7-10-20(11-9-15)16(21)23-17(3,4)5/h14-15,19,22H,7-13H2,1-6H3. The molecule has 1 amide bonds. The third-order valence-corrected chi connectivity index (χ3v) is 4.00. The molecule has 1 heterocycles. The Balaban J connectivity index is 2.42. The first-order valence-corrected chi connectivity index (χ1v) is 8.92. The Hall–Kier alpha value is -0.810. The van der Waals surface area contributed by atoms with E-state index in [4.69, 9.17) is 4.74 Å². The van der Waals surface area contributed by atoms with Crippen LogP contribution in [0, 0.1) is 5.92 Å². The van der Waals surface area contributed by atoms with E-state index in [2.05, 4.69) is 19.2 Å². The van der Waals surface area contributed by atoms with Crippen LogP contribution < -0.4 is 5.32 Å². The van der Waals surface area contributed by atoms with Gasteiger partial charge in [-0.05, 0) is 59.3 Å². The average molecular weight is 328 g/mol. The summed E-state index contributed by atoms with van der Waals surface area (Å²) in [5.41, 5.74) is -1.12. The van der Waals surface area contributed by atoms with Crippen molar-refractivity contribution in [1.29, 1.82) is 0 Å². The molecule has 0 saturated carbocycles. The molecule has 1 aliphatic heterocycles. The second kappa shape index (κ2) is 8.34. The van der Waals surface area contributed by atoms with Gasteiger partial charge in [0.25, 0.3) is 0 Å². The molecule has 0 aromatic rings. The molecule has 5 nitrogen and oxygen atoms in total. The van der Waals surface area contributed by atoms with Crippen LogP contribution in [0.1, 0.15) is 67.2 Å². The van der Waals surface area contributed by atoms with Gasteiger partial charge in [0.05, 0.1) is 5.60 Å². The summed E-state index contributed by atoms with van der Waals surface area (Å²) in [6.07, 6.45) is 3.46. The molecule has 1 saturated heterocycles. The van der Waals surface area contributed by atoms with Gasteiger partial charge >= 0.3 is 6.09 Å². The highest BCUT2D eigenvalue weighted by atomic mass is 16.6. The Morgan fingerprint density at radius 1 is 1.26 bits per heavy atom. The Bertz CT molecular complexity index is 375. The molecule has 2 atom stereocenters. The maximum Gasteiger partial charge on any atom is 0.410 e. The molecule has 2 N–H and O–H groups in total. The van der Waals surface area contributed by atoms with E-state index >= 15 is 0 Å². The molecule has 1 rings (SSSR count). The number of carbonyl (C=O) groups excluding carboxylic acids is 1. The molecule has 0 bridgehead atoms. The van der Waals surface area contributed by atoms with Gasteiger partial charge in [0.2, 0.25) is 0 Å². The van der Waals surface area contributed by atoms with Gasteiger partial charge in [0.1, 0.15) is 5.60 Å². The number of ether oxygens (including phenoxy) is 1. The third kappa shape index (κ3) is 8.56. The summed E-state index contributed by atoms with van der Waals surface area (Å²) < 4.78 is 5.45. The van der Waals surface area contributed by atoms with Gasteiger partial charge in [-0.2, -0.15) is 0 Å². The first-order chi connectivity index (χ1) is 10.5. The van der Waals surface area contributed by atoms with E-state index in [1.807, 2.05) is 27.7 Å². The van der Waals surface area contributed by atoms with Gasteiger partial charge in [-0.15, -0.1) is 0 Å². The summed E-state index contributed by atoms with van der Waals surface area (Å²) in [6, 6.07) is 0.348. The van der Waals surface area contributed by atoms with Crippen LogP contribution in [0.25, 0.3) is 0 Å². The predicted molar refractivity (Wildman–Crippen MR) is 93.5 cm³/mol. The Labute approximate surface area is 141 Å². The Morgan fingerprint density at radius 2 is 1.91 bits per heavy atom. The van der Waals surface area contributed by atoms with E-state index in [1.54, 1.807) is 4.90 Å². The lowest BCUT2D eigenvalue weighted by atomic mass is 9.94. The fourth-order valence-electron chi connectivity index (χ4n) is 3.13. The molecule has 136 valence electrons. The summed E-state index contributed by atoms with van der Waals surface area (Å²) in [6.45, 7) is 13.9. The van der Waals surface area contributed by atoms with Crippen molar-refractivity contribution in [3.8, 4) is 0 Å². The SMILES string of the molecule is CC(C)CC(C)(O)CNC1CCCN(C(=O)OC(C)(C)C)CC1. The van der Waals surface area contributed by atoms with Crippen molar-refractivity contribution in [3.05, 3.63) is 0 Å². The van der Waals surface area contributed by atoms with E-state index in [9.17, 15) is 9.90 Å². The molecule has 5 heteroatoms. The van der Waals surface area contributed by atoms with Gasteiger partial charge in [0.15, 0.2) is 0 Å². The van der Waals surface area contributed by atoms with Crippen LogP contribution in [-0.4, -0.2) is 53.0 Å². The van der Waals surface area contributed by atoms with Crippen LogP contribution in [-0.2, 0) is 4.74 Å². The number of likely N-dealkylation sites (tertiary alicyclic amines) is 1. The van der Waals surface area contributed by atoms with Crippen molar-refractivity contribution >= 4 is 6.09 Å². The number of nitrogens with zero attached hydrogens (tertiary/aromatic N) is 1. The Morgan fingerprint density at radius 3 is 2.48 bits per heavy atom. The summed E-state index contributed by atoms with van der Waals surface area (Å²) >= 11 is 0. The van der Waals surface area contributed by atoms with E-state index in [-0.39, 0.29) is 6.09 Å². The zero-order valence-corrected chi connectivity index (χ0v) is 15.8. The maximum atomic E-state index is 12.2. The number of nitrogens with one attached hydrogen (secondary N) is 1. The van der Waals surface area contributed by atoms with E-state index < -0.39 is 11.2 Å². The predicted octanol–water partition coefficient (Wildman–Crippen LogP) is 3.16. The topological polar surface area (TPSA) is 61.8 Å². The first kappa shape index (κ1) is 20.2. The number of carbonyl (C=O) groups is 1. The quantitative estimate of drug-likeness (QED) is 0.814. The molecule has 0 radical (unpaired) electrons. The minimum atomic E-state index is -0.675. The summed E-state index contributed by atoms with van der Waals surface area (Å²) in [4.78, 5) is 14.0. The van der Waals surface area contributed by atoms with Gasteiger partial charge in [-0.25, -0.2) is 4.79 Å². The summed E-state index contributed by atoms with van der Waals surface area (Å²) in [5, 5.41) is 13.9. The smallest absolute Gasteiger partial charge is 0.410 e. The highest BCUT2D eigenvalue weighted by molar-refractivity contribution is 5.68. The zero-order valence-electron chi connectivity index (χ0n) is 15.8. The summed E-state index contributed by atoms with van der Waals surface area (Å²) in [7, 11) is 0. The number of rotatable bonds is 5. The van der Waals surface area contributed by atoms with E-state index in [1.165, 1.54) is 0 Å². The third-order valence-electron chi connectivity index (χ3n) is 4.00. The molecular weight excluding hydrogens is 292 g/mol. The monoisotopic (exact) mass is 328 g/mol. The van der Waals surface area contributed by atoms with Gasteiger partial charge in [0, 0.05) is 25.7 Å². The lowest BCUT2D eigenvalue weighted by Gasteiger charge is -2.28. The molecule has 23 heavy (non-hydrogen) atoms. The van der Waals surface area contributed by atoms with Crippen LogP contribution in [0.4, 0.5) is 4.79 Å². The van der Waals surface area contributed by atoms with Crippen molar-refractivity contribution in [3.63, 3.8) is 0 Å².